The number of benzene rings is 2. The van der Waals surface area contributed by atoms with Gasteiger partial charge in [-0.05, 0) is 42.0 Å². The third-order valence-electron chi connectivity index (χ3n) is 2.88. The minimum Gasteiger partial charge on any atom is -0.508 e. The Bertz CT molecular complexity index is 684. The number of carbonyl (C=O) groups excluding carboxylic acids is 1. The van der Waals surface area contributed by atoms with Gasteiger partial charge in [-0.2, -0.15) is 0 Å². The monoisotopic (exact) mass is 254 g/mol. The SMILES string of the molecule is O=C1Oc2ccc(O)cc2/C1=C/c1ccc(O)cc1. The maximum absolute atomic E-state index is 11.8. The van der Waals surface area contributed by atoms with Crippen LogP contribution in [0, 0.1) is 0 Å². The van der Waals surface area contributed by atoms with Crippen LogP contribution >= 0.6 is 0 Å². The first kappa shape index (κ1) is 11.3. The number of phenolic OH excluding ortho intramolecular Hbond substituents is 2. The fourth-order valence-corrected chi connectivity index (χ4v) is 1.96. The molecule has 0 fully saturated rings. The summed E-state index contributed by atoms with van der Waals surface area (Å²) < 4.78 is 5.10. The van der Waals surface area contributed by atoms with E-state index in [1.54, 1.807) is 24.3 Å². The predicted molar refractivity (Wildman–Crippen MR) is 69.7 cm³/mol. The zero-order valence-corrected chi connectivity index (χ0v) is 9.83. The highest BCUT2D eigenvalue weighted by atomic mass is 16.5. The van der Waals surface area contributed by atoms with E-state index in [0.29, 0.717) is 16.9 Å². The van der Waals surface area contributed by atoms with Crippen LogP contribution in [0.2, 0.25) is 0 Å². The quantitative estimate of drug-likeness (QED) is 0.466. The molecule has 94 valence electrons. The summed E-state index contributed by atoms with van der Waals surface area (Å²) in [7, 11) is 0. The summed E-state index contributed by atoms with van der Waals surface area (Å²) in [5.41, 5.74) is 1.72. The van der Waals surface area contributed by atoms with Gasteiger partial charge in [-0.15, -0.1) is 0 Å². The summed E-state index contributed by atoms with van der Waals surface area (Å²) in [5, 5.41) is 18.7. The lowest BCUT2D eigenvalue weighted by atomic mass is 10.0. The van der Waals surface area contributed by atoms with Crippen molar-refractivity contribution in [3.8, 4) is 17.2 Å². The molecule has 0 saturated heterocycles. The van der Waals surface area contributed by atoms with Crippen molar-refractivity contribution in [1.82, 2.24) is 0 Å². The van der Waals surface area contributed by atoms with Gasteiger partial charge in [-0.25, -0.2) is 4.79 Å². The minimum absolute atomic E-state index is 0.0775. The molecule has 19 heavy (non-hydrogen) atoms. The van der Waals surface area contributed by atoms with Gasteiger partial charge in [0, 0.05) is 5.56 Å². The molecule has 4 nitrogen and oxygen atoms in total. The van der Waals surface area contributed by atoms with Crippen molar-refractivity contribution in [2.24, 2.45) is 0 Å². The van der Waals surface area contributed by atoms with Crippen molar-refractivity contribution in [3.05, 3.63) is 53.6 Å². The third kappa shape index (κ3) is 2.04. The van der Waals surface area contributed by atoms with E-state index in [1.165, 1.54) is 24.3 Å². The van der Waals surface area contributed by atoms with Crippen molar-refractivity contribution in [2.45, 2.75) is 0 Å². The number of hydrogen-bond donors (Lipinski definition) is 2. The number of phenols is 2. The van der Waals surface area contributed by atoms with Gasteiger partial charge >= 0.3 is 5.97 Å². The lowest BCUT2D eigenvalue weighted by Crippen LogP contribution is -2.00. The third-order valence-corrected chi connectivity index (χ3v) is 2.88. The Balaban J connectivity index is 2.08. The molecule has 0 unspecified atom stereocenters. The molecule has 0 bridgehead atoms. The second-order valence-electron chi connectivity index (χ2n) is 4.22. The molecular weight excluding hydrogens is 244 g/mol. The summed E-state index contributed by atoms with van der Waals surface area (Å²) in [6, 6.07) is 11.0. The molecule has 1 aliphatic rings. The van der Waals surface area contributed by atoms with Crippen LogP contribution in [0.1, 0.15) is 11.1 Å². The summed E-state index contributed by atoms with van der Waals surface area (Å²) in [4.78, 5) is 11.8. The zero-order chi connectivity index (χ0) is 13.4. The van der Waals surface area contributed by atoms with E-state index in [4.69, 9.17) is 4.74 Å². The molecule has 1 aliphatic heterocycles. The second kappa shape index (κ2) is 4.17. The van der Waals surface area contributed by atoms with Gasteiger partial charge in [0.2, 0.25) is 0 Å². The summed E-state index contributed by atoms with van der Waals surface area (Å²) in [6.45, 7) is 0. The maximum atomic E-state index is 11.8. The number of esters is 1. The number of fused-ring (bicyclic) bond motifs is 1. The smallest absolute Gasteiger partial charge is 0.344 e. The first-order valence-corrected chi connectivity index (χ1v) is 5.70. The van der Waals surface area contributed by atoms with Crippen LogP contribution in [0.15, 0.2) is 42.5 Å². The highest BCUT2D eigenvalue weighted by Gasteiger charge is 2.27. The zero-order valence-electron chi connectivity index (χ0n) is 9.83. The standard InChI is InChI=1S/C15H10O4/c16-10-3-1-9(2-4-10)7-13-12-8-11(17)5-6-14(12)19-15(13)18/h1-8,16-17H/b13-7-. The first-order chi connectivity index (χ1) is 9.13. The van der Waals surface area contributed by atoms with E-state index in [1.807, 2.05) is 0 Å². The first-order valence-electron chi connectivity index (χ1n) is 5.70. The average molecular weight is 254 g/mol. The number of rotatable bonds is 1. The van der Waals surface area contributed by atoms with Crippen molar-refractivity contribution >= 4 is 17.6 Å². The fourth-order valence-electron chi connectivity index (χ4n) is 1.96. The van der Waals surface area contributed by atoms with Crippen LogP contribution in [-0.4, -0.2) is 16.2 Å². The Morgan fingerprint density at radius 1 is 0.947 bits per heavy atom. The molecule has 0 radical (unpaired) electrons. The topological polar surface area (TPSA) is 66.8 Å². The number of aromatic hydroxyl groups is 2. The molecule has 0 aromatic heterocycles. The molecule has 2 aromatic rings. The van der Waals surface area contributed by atoms with Crippen LogP contribution in [0.3, 0.4) is 0 Å². The van der Waals surface area contributed by atoms with Crippen LogP contribution in [0.4, 0.5) is 0 Å². The Kier molecular flexibility index (Phi) is 2.49. The van der Waals surface area contributed by atoms with E-state index >= 15 is 0 Å². The molecule has 0 atom stereocenters. The lowest BCUT2D eigenvalue weighted by molar-refractivity contribution is -0.126. The Labute approximate surface area is 109 Å². The molecule has 2 aromatic carbocycles. The predicted octanol–water partition coefficient (Wildman–Crippen LogP) is 2.56. The van der Waals surface area contributed by atoms with E-state index in [0.717, 1.165) is 5.56 Å². The van der Waals surface area contributed by atoms with Crippen molar-refractivity contribution in [3.63, 3.8) is 0 Å². The number of carbonyl (C=O) groups is 1. The van der Waals surface area contributed by atoms with Gasteiger partial charge in [0.05, 0.1) is 5.57 Å². The van der Waals surface area contributed by atoms with Gasteiger partial charge < -0.3 is 14.9 Å². The second-order valence-corrected chi connectivity index (χ2v) is 4.22. The number of ether oxygens (including phenoxy) is 1. The van der Waals surface area contributed by atoms with E-state index in [-0.39, 0.29) is 11.5 Å². The largest absolute Gasteiger partial charge is 0.508 e. The number of hydrogen-bond acceptors (Lipinski definition) is 4. The average Bonchev–Trinajstić information content (AvgIpc) is 2.69. The van der Waals surface area contributed by atoms with Crippen molar-refractivity contribution in [1.29, 1.82) is 0 Å². The molecule has 1 heterocycles. The Morgan fingerprint density at radius 3 is 2.37 bits per heavy atom. The normalized spacial score (nSPS) is 15.4. The highest BCUT2D eigenvalue weighted by Crippen LogP contribution is 2.37. The lowest BCUT2D eigenvalue weighted by Gasteiger charge is -1.98. The molecule has 0 amide bonds. The van der Waals surface area contributed by atoms with Gasteiger partial charge in [0.15, 0.2) is 0 Å². The van der Waals surface area contributed by atoms with Crippen LogP contribution in [0.25, 0.3) is 11.6 Å². The summed E-state index contributed by atoms with van der Waals surface area (Å²) in [5.74, 6) is 0.226. The van der Waals surface area contributed by atoms with E-state index in [9.17, 15) is 15.0 Å². The Hall–Kier alpha value is -2.75. The minimum atomic E-state index is -0.450. The summed E-state index contributed by atoms with van der Waals surface area (Å²) >= 11 is 0. The van der Waals surface area contributed by atoms with Gasteiger partial charge in [-0.3, -0.25) is 0 Å². The van der Waals surface area contributed by atoms with Crippen LogP contribution in [0.5, 0.6) is 17.2 Å². The molecule has 2 N–H and O–H groups in total. The van der Waals surface area contributed by atoms with Crippen molar-refractivity contribution in [2.75, 3.05) is 0 Å². The van der Waals surface area contributed by atoms with E-state index in [2.05, 4.69) is 0 Å². The maximum Gasteiger partial charge on any atom is 0.344 e. The van der Waals surface area contributed by atoms with Crippen LogP contribution < -0.4 is 4.74 Å². The molecule has 0 saturated carbocycles. The van der Waals surface area contributed by atoms with Crippen LogP contribution in [-0.2, 0) is 4.79 Å². The molecular formula is C15H10O4. The molecule has 0 aliphatic carbocycles. The van der Waals surface area contributed by atoms with Gasteiger partial charge in [0.25, 0.3) is 0 Å². The fraction of sp³-hybridized carbons (Fsp3) is 0. The van der Waals surface area contributed by atoms with Crippen molar-refractivity contribution < 1.29 is 19.7 Å². The molecule has 3 rings (SSSR count). The van der Waals surface area contributed by atoms with Gasteiger partial charge in [0.1, 0.15) is 17.2 Å². The Morgan fingerprint density at radius 2 is 1.63 bits per heavy atom. The van der Waals surface area contributed by atoms with Gasteiger partial charge in [-0.1, -0.05) is 12.1 Å². The van der Waals surface area contributed by atoms with E-state index < -0.39 is 5.97 Å². The molecule has 0 spiro atoms. The summed E-state index contributed by atoms with van der Waals surface area (Å²) in [6.07, 6.45) is 1.66. The highest BCUT2D eigenvalue weighted by molar-refractivity contribution is 6.26. The molecule has 4 heteroatoms.